The number of aromatic nitrogens is 1. The second-order valence-corrected chi connectivity index (χ2v) is 6.67. The van der Waals surface area contributed by atoms with Crippen LogP contribution in [0, 0.1) is 0 Å². The summed E-state index contributed by atoms with van der Waals surface area (Å²) >= 11 is 0. The average molecular weight is 372 g/mol. The summed E-state index contributed by atoms with van der Waals surface area (Å²) in [5.41, 5.74) is 4.60. The van der Waals surface area contributed by atoms with Gasteiger partial charge in [-0.15, -0.1) is 0 Å². The van der Waals surface area contributed by atoms with Gasteiger partial charge in [-0.1, -0.05) is 24.3 Å². The van der Waals surface area contributed by atoms with Crippen LogP contribution < -0.4 is 10.6 Å². The minimum absolute atomic E-state index is 0.00936. The molecule has 4 rings (SSSR count). The van der Waals surface area contributed by atoms with Crippen molar-refractivity contribution >= 4 is 17.6 Å². The molecule has 3 amide bonds. The summed E-state index contributed by atoms with van der Waals surface area (Å²) in [7, 11) is 0. The molecule has 1 aliphatic rings. The Hall–Kier alpha value is -3.67. The van der Waals surface area contributed by atoms with Gasteiger partial charge in [0.1, 0.15) is 0 Å². The Kier molecular flexibility index (Phi) is 5.01. The van der Waals surface area contributed by atoms with Gasteiger partial charge < -0.3 is 15.5 Å². The zero-order valence-electron chi connectivity index (χ0n) is 15.3. The highest BCUT2D eigenvalue weighted by Crippen LogP contribution is 2.24. The molecule has 0 saturated heterocycles. The number of nitrogens with zero attached hydrogens (tertiary/aromatic N) is 2. The van der Waals surface area contributed by atoms with Crippen LogP contribution in [-0.2, 0) is 19.6 Å². The van der Waals surface area contributed by atoms with Crippen LogP contribution in [0.1, 0.15) is 27.0 Å². The monoisotopic (exact) mass is 372 g/mol. The van der Waals surface area contributed by atoms with Crippen molar-refractivity contribution in [2.24, 2.45) is 0 Å². The van der Waals surface area contributed by atoms with E-state index < -0.39 is 0 Å². The van der Waals surface area contributed by atoms with Crippen LogP contribution in [0.15, 0.2) is 73.1 Å². The van der Waals surface area contributed by atoms with E-state index in [0.717, 1.165) is 5.56 Å². The smallest absolute Gasteiger partial charge is 0.319 e. The van der Waals surface area contributed by atoms with Gasteiger partial charge in [0, 0.05) is 43.3 Å². The lowest BCUT2D eigenvalue weighted by atomic mass is 10.1. The van der Waals surface area contributed by atoms with E-state index in [1.165, 1.54) is 11.1 Å². The molecule has 0 atom stereocenters. The number of carbonyl (C=O) groups excluding carboxylic acids is 2. The van der Waals surface area contributed by atoms with E-state index in [1.807, 2.05) is 29.2 Å². The highest BCUT2D eigenvalue weighted by atomic mass is 16.2. The number of hydrogen-bond donors (Lipinski definition) is 2. The van der Waals surface area contributed by atoms with Crippen LogP contribution in [-0.4, -0.2) is 21.8 Å². The molecule has 28 heavy (non-hydrogen) atoms. The molecular formula is C22H20N4O2. The molecule has 0 spiro atoms. The number of urea groups is 1. The number of amides is 3. The first-order valence-corrected chi connectivity index (χ1v) is 9.09. The molecular weight excluding hydrogens is 352 g/mol. The number of hydrogen-bond acceptors (Lipinski definition) is 3. The second-order valence-electron chi connectivity index (χ2n) is 6.67. The molecule has 1 aliphatic heterocycles. The topological polar surface area (TPSA) is 74.3 Å². The standard InChI is InChI=1S/C22H20N4O2/c27-21(26-14-18-3-1-2-4-19(18)15-26)17-5-7-20(8-6-17)25-22(28)24-13-16-9-11-23-12-10-16/h1-12H,13-15H2,(H2,24,25,28). The molecule has 6 nitrogen and oxygen atoms in total. The maximum atomic E-state index is 12.7. The third kappa shape index (κ3) is 4.01. The van der Waals surface area contributed by atoms with E-state index in [9.17, 15) is 9.59 Å². The highest BCUT2D eigenvalue weighted by Gasteiger charge is 2.23. The maximum absolute atomic E-state index is 12.7. The highest BCUT2D eigenvalue weighted by molar-refractivity contribution is 5.95. The molecule has 0 aliphatic carbocycles. The fourth-order valence-electron chi connectivity index (χ4n) is 3.21. The molecule has 0 bridgehead atoms. The second kappa shape index (κ2) is 7.92. The van der Waals surface area contributed by atoms with Crippen LogP contribution in [0.2, 0.25) is 0 Å². The third-order valence-corrected chi connectivity index (χ3v) is 4.72. The van der Waals surface area contributed by atoms with Gasteiger partial charge in [0.05, 0.1) is 0 Å². The predicted octanol–water partition coefficient (Wildman–Crippen LogP) is 3.56. The van der Waals surface area contributed by atoms with E-state index in [2.05, 4.69) is 27.8 Å². The number of nitrogens with one attached hydrogen (secondary N) is 2. The van der Waals surface area contributed by atoms with E-state index in [0.29, 0.717) is 30.9 Å². The van der Waals surface area contributed by atoms with Crippen molar-refractivity contribution in [2.75, 3.05) is 5.32 Å². The Bertz CT molecular complexity index is 962. The lowest BCUT2D eigenvalue weighted by molar-refractivity contribution is 0.0751. The Morgan fingerprint density at radius 2 is 1.54 bits per heavy atom. The first-order valence-electron chi connectivity index (χ1n) is 9.09. The Balaban J connectivity index is 1.32. The molecule has 140 valence electrons. The summed E-state index contributed by atoms with van der Waals surface area (Å²) in [5, 5.41) is 5.56. The minimum atomic E-state index is -0.300. The van der Waals surface area contributed by atoms with Crippen LogP contribution in [0.3, 0.4) is 0 Å². The first-order chi connectivity index (χ1) is 13.7. The summed E-state index contributed by atoms with van der Waals surface area (Å²) < 4.78 is 0. The van der Waals surface area contributed by atoms with Crippen molar-refractivity contribution in [1.29, 1.82) is 0 Å². The summed E-state index contributed by atoms with van der Waals surface area (Å²) in [6, 6.07) is 18.4. The van der Waals surface area contributed by atoms with Gasteiger partial charge in [-0.25, -0.2) is 4.79 Å². The zero-order valence-corrected chi connectivity index (χ0v) is 15.3. The van der Waals surface area contributed by atoms with Gasteiger partial charge >= 0.3 is 6.03 Å². The summed E-state index contributed by atoms with van der Waals surface area (Å²) in [6.07, 6.45) is 3.37. The van der Waals surface area contributed by atoms with Crippen molar-refractivity contribution in [3.05, 3.63) is 95.3 Å². The molecule has 0 saturated carbocycles. The van der Waals surface area contributed by atoms with Gasteiger partial charge in [-0.3, -0.25) is 9.78 Å². The van der Waals surface area contributed by atoms with Gasteiger partial charge in [0.25, 0.3) is 5.91 Å². The molecule has 2 aromatic carbocycles. The first kappa shape index (κ1) is 17.7. The molecule has 0 fully saturated rings. The van der Waals surface area contributed by atoms with Crippen molar-refractivity contribution in [2.45, 2.75) is 19.6 Å². The molecule has 3 aromatic rings. The Labute approximate surface area is 163 Å². The number of rotatable bonds is 4. The third-order valence-electron chi connectivity index (χ3n) is 4.72. The summed E-state index contributed by atoms with van der Waals surface area (Å²) in [5.74, 6) is -0.00936. The molecule has 2 heterocycles. The molecule has 6 heteroatoms. The van der Waals surface area contributed by atoms with Gasteiger partial charge in [-0.05, 0) is 53.1 Å². The van der Waals surface area contributed by atoms with Crippen LogP contribution >= 0.6 is 0 Å². The van der Waals surface area contributed by atoms with Crippen molar-refractivity contribution in [3.63, 3.8) is 0 Å². The number of pyridine rings is 1. The zero-order chi connectivity index (χ0) is 19.3. The van der Waals surface area contributed by atoms with Crippen LogP contribution in [0.4, 0.5) is 10.5 Å². The minimum Gasteiger partial charge on any atom is -0.334 e. The maximum Gasteiger partial charge on any atom is 0.319 e. The molecule has 1 aromatic heterocycles. The van der Waals surface area contributed by atoms with Gasteiger partial charge in [0.15, 0.2) is 0 Å². The van der Waals surface area contributed by atoms with E-state index in [4.69, 9.17) is 0 Å². The number of fused-ring (bicyclic) bond motifs is 1. The van der Waals surface area contributed by atoms with E-state index in [-0.39, 0.29) is 11.9 Å². The fourth-order valence-corrected chi connectivity index (χ4v) is 3.21. The quantitative estimate of drug-likeness (QED) is 0.735. The van der Waals surface area contributed by atoms with Gasteiger partial charge in [0.2, 0.25) is 0 Å². The van der Waals surface area contributed by atoms with Crippen LogP contribution in [0.5, 0.6) is 0 Å². The van der Waals surface area contributed by atoms with Crippen molar-refractivity contribution < 1.29 is 9.59 Å². The Morgan fingerprint density at radius 1 is 0.893 bits per heavy atom. The van der Waals surface area contributed by atoms with E-state index in [1.54, 1.807) is 36.7 Å². The SMILES string of the molecule is O=C(NCc1ccncc1)Nc1ccc(C(=O)N2Cc3ccccc3C2)cc1. The lowest BCUT2D eigenvalue weighted by Crippen LogP contribution is -2.28. The molecule has 0 radical (unpaired) electrons. The van der Waals surface area contributed by atoms with E-state index >= 15 is 0 Å². The number of carbonyl (C=O) groups is 2. The normalized spacial score (nSPS) is 12.4. The van der Waals surface area contributed by atoms with Crippen molar-refractivity contribution in [1.82, 2.24) is 15.2 Å². The lowest BCUT2D eigenvalue weighted by Gasteiger charge is -2.16. The molecule has 0 unspecified atom stereocenters. The molecule has 2 N–H and O–H groups in total. The predicted molar refractivity (Wildman–Crippen MR) is 107 cm³/mol. The van der Waals surface area contributed by atoms with Crippen molar-refractivity contribution in [3.8, 4) is 0 Å². The van der Waals surface area contributed by atoms with Gasteiger partial charge in [-0.2, -0.15) is 0 Å². The largest absolute Gasteiger partial charge is 0.334 e. The fraction of sp³-hybridized carbons (Fsp3) is 0.136. The number of anilines is 1. The number of benzene rings is 2. The summed E-state index contributed by atoms with van der Waals surface area (Å²) in [6.45, 7) is 1.68. The Morgan fingerprint density at radius 3 is 2.18 bits per heavy atom. The average Bonchev–Trinajstić information content (AvgIpc) is 3.17. The van der Waals surface area contributed by atoms with Crippen LogP contribution in [0.25, 0.3) is 0 Å². The summed E-state index contributed by atoms with van der Waals surface area (Å²) in [4.78, 5) is 30.5.